The Morgan fingerprint density at radius 2 is 1.61 bits per heavy atom. The van der Waals surface area contributed by atoms with Crippen LogP contribution in [0.25, 0.3) is 0 Å². The second kappa shape index (κ2) is 13.0. The van der Waals surface area contributed by atoms with Crippen molar-refractivity contribution in [2.45, 2.75) is 45.1 Å². The van der Waals surface area contributed by atoms with Crippen LogP contribution in [0.4, 0.5) is 5.69 Å². The Labute approximate surface area is 214 Å². The highest BCUT2D eigenvalue weighted by atomic mass is 16.5. The van der Waals surface area contributed by atoms with Crippen LogP contribution in [-0.4, -0.2) is 55.2 Å². The molecule has 0 radical (unpaired) electrons. The van der Waals surface area contributed by atoms with Crippen LogP contribution in [0, 0.1) is 6.92 Å². The van der Waals surface area contributed by atoms with E-state index >= 15 is 0 Å². The quantitative estimate of drug-likeness (QED) is 0.472. The van der Waals surface area contributed by atoms with Gasteiger partial charge in [0.05, 0.1) is 19.6 Å². The molecule has 1 aliphatic carbocycles. The van der Waals surface area contributed by atoms with Crippen LogP contribution < -0.4 is 14.4 Å². The molecule has 1 saturated carbocycles. The van der Waals surface area contributed by atoms with Crippen molar-refractivity contribution in [1.29, 1.82) is 0 Å². The van der Waals surface area contributed by atoms with Crippen LogP contribution in [0.1, 0.15) is 36.8 Å². The van der Waals surface area contributed by atoms with Crippen LogP contribution in [0.2, 0.25) is 0 Å². The van der Waals surface area contributed by atoms with Crippen molar-refractivity contribution in [1.82, 2.24) is 9.88 Å². The molecule has 6 heteroatoms. The molecule has 2 aliphatic rings. The number of benzene rings is 2. The van der Waals surface area contributed by atoms with Gasteiger partial charge in [0.1, 0.15) is 0 Å². The molecular weight excluding hydrogens is 450 g/mol. The molecule has 190 valence electrons. The number of ether oxygens (including phenoxy) is 2. The van der Waals surface area contributed by atoms with Gasteiger partial charge in [0.25, 0.3) is 0 Å². The molecule has 1 saturated heterocycles. The summed E-state index contributed by atoms with van der Waals surface area (Å²) in [6, 6.07) is 20.2. The summed E-state index contributed by atoms with van der Waals surface area (Å²) in [6.07, 6.45) is 8.90. The number of anilines is 1. The fourth-order valence-electron chi connectivity index (χ4n) is 4.68. The van der Waals surface area contributed by atoms with Crippen LogP contribution in [0.5, 0.6) is 11.5 Å². The summed E-state index contributed by atoms with van der Waals surface area (Å²) < 4.78 is 11.7. The number of nitrogens with zero attached hydrogens (tertiary/aromatic N) is 3. The van der Waals surface area contributed by atoms with E-state index in [2.05, 4.69) is 41.1 Å². The standard InChI is InChI=1S/C23H29N3O3.C7H8/c1-28-21-7-6-19(17-22(21)29-20-4-2-3-5-20)25-12-14-26(15-13-25)23(27)16-18-8-10-24-11-9-18;1-7-5-3-2-4-6-7/h6-11,17,20H,2-5,12-16H2,1H3;2-6H,1H3. The Bertz CT molecular complexity index is 1080. The molecule has 2 heterocycles. The van der Waals surface area contributed by atoms with Crippen LogP contribution in [0.3, 0.4) is 0 Å². The number of carbonyl (C=O) groups is 1. The van der Waals surface area contributed by atoms with E-state index in [1.807, 2.05) is 41.3 Å². The summed E-state index contributed by atoms with van der Waals surface area (Å²) >= 11 is 0. The van der Waals surface area contributed by atoms with Crippen LogP contribution >= 0.6 is 0 Å². The number of amides is 1. The number of rotatable bonds is 6. The second-order valence-electron chi connectivity index (χ2n) is 9.41. The van der Waals surface area contributed by atoms with E-state index in [-0.39, 0.29) is 5.91 Å². The molecule has 2 aromatic carbocycles. The van der Waals surface area contributed by atoms with E-state index in [1.54, 1.807) is 19.5 Å². The van der Waals surface area contributed by atoms with Gasteiger partial charge in [-0.05, 0) is 62.4 Å². The van der Waals surface area contributed by atoms with E-state index in [0.717, 1.165) is 61.8 Å². The first kappa shape index (κ1) is 25.5. The molecule has 1 aromatic heterocycles. The number of pyridine rings is 1. The van der Waals surface area contributed by atoms with Gasteiger partial charge in [-0.1, -0.05) is 35.9 Å². The van der Waals surface area contributed by atoms with Crippen molar-refractivity contribution < 1.29 is 14.3 Å². The maximum atomic E-state index is 12.6. The van der Waals surface area contributed by atoms with Gasteiger partial charge in [-0.15, -0.1) is 0 Å². The number of methoxy groups -OCH3 is 1. The lowest BCUT2D eigenvalue weighted by Gasteiger charge is -2.36. The van der Waals surface area contributed by atoms with E-state index in [1.165, 1.54) is 18.4 Å². The van der Waals surface area contributed by atoms with Crippen molar-refractivity contribution in [2.24, 2.45) is 0 Å². The highest BCUT2D eigenvalue weighted by molar-refractivity contribution is 5.79. The monoisotopic (exact) mass is 487 g/mol. The van der Waals surface area contributed by atoms with Crippen molar-refractivity contribution in [3.63, 3.8) is 0 Å². The number of aryl methyl sites for hydroxylation is 1. The lowest BCUT2D eigenvalue weighted by molar-refractivity contribution is -0.130. The number of aromatic nitrogens is 1. The third-order valence-corrected chi connectivity index (χ3v) is 6.79. The molecule has 0 atom stereocenters. The van der Waals surface area contributed by atoms with Crippen molar-refractivity contribution in [3.05, 3.63) is 84.2 Å². The minimum atomic E-state index is 0.177. The topological polar surface area (TPSA) is 54.9 Å². The Morgan fingerprint density at radius 1 is 0.917 bits per heavy atom. The molecule has 0 N–H and O–H groups in total. The maximum Gasteiger partial charge on any atom is 0.227 e. The fourth-order valence-corrected chi connectivity index (χ4v) is 4.68. The summed E-state index contributed by atoms with van der Waals surface area (Å²) in [5.74, 6) is 1.79. The Morgan fingerprint density at radius 3 is 2.22 bits per heavy atom. The molecule has 1 aliphatic heterocycles. The average molecular weight is 488 g/mol. The van der Waals surface area contributed by atoms with Gasteiger partial charge in [-0.25, -0.2) is 0 Å². The fraction of sp³-hybridized carbons (Fsp3) is 0.400. The van der Waals surface area contributed by atoms with Gasteiger partial charge in [0, 0.05) is 50.3 Å². The third kappa shape index (κ3) is 7.23. The predicted molar refractivity (Wildman–Crippen MR) is 144 cm³/mol. The summed E-state index contributed by atoms with van der Waals surface area (Å²) in [6.45, 7) is 5.18. The van der Waals surface area contributed by atoms with Crippen molar-refractivity contribution in [2.75, 3.05) is 38.2 Å². The summed E-state index contributed by atoms with van der Waals surface area (Å²) in [4.78, 5) is 20.9. The summed E-state index contributed by atoms with van der Waals surface area (Å²) in [7, 11) is 1.68. The summed E-state index contributed by atoms with van der Waals surface area (Å²) in [5.41, 5.74) is 3.46. The Balaban J connectivity index is 0.000000375. The van der Waals surface area contributed by atoms with Gasteiger partial charge in [0.2, 0.25) is 5.91 Å². The lowest BCUT2D eigenvalue weighted by atomic mass is 10.1. The molecule has 3 aromatic rings. The molecule has 0 spiro atoms. The zero-order chi connectivity index (χ0) is 25.2. The minimum Gasteiger partial charge on any atom is -0.493 e. The van der Waals surface area contributed by atoms with E-state index in [4.69, 9.17) is 9.47 Å². The smallest absolute Gasteiger partial charge is 0.227 e. The predicted octanol–water partition coefficient (Wildman–Crippen LogP) is 5.30. The first-order chi connectivity index (χ1) is 17.6. The largest absolute Gasteiger partial charge is 0.493 e. The lowest BCUT2D eigenvalue weighted by Crippen LogP contribution is -2.49. The van der Waals surface area contributed by atoms with E-state index in [0.29, 0.717) is 12.5 Å². The van der Waals surface area contributed by atoms with Gasteiger partial charge < -0.3 is 19.3 Å². The van der Waals surface area contributed by atoms with Crippen LogP contribution in [-0.2, 0) is 11.2 Å². The number of hydrogen-bond donors (Lipinski definition) is 0. The minimum absolute atomic E-state index is 0.177. The number of piperazine rings is 1. The van der Waals surface area contributed by atoms with Gasteiger partial charge in [-0.2, -0.15) is 0 Å². The van der Waals surface area contributed by atoms with E-state index in [9.17, 15) is 4.79 Å². The maximum absolute atomic E-state index is 12.6. The molecule has 5 rings (SSSR count). The van der Waals surface area contributed by atoms with Gasteiger partial charge in [0.15, 0.2) is 11.5 Å². The Kier molecular flexibility index (Phi) is 9.20. The van der Waals surface area contributed by atoms with E-state index < -0.39 is 0 Å². The SMILES string of the molecule is COc1ccc(N2CCN(C(=O)Cc3ccncc3)CC2)cc1OC1CCCC1.Cc1ccccc1. The Hall–Kier alpha value is -3.54. The van der Waals surface area contributed by atoms with Gasteiger partial charge in [-0.3, -0.25) is 9.78 Å². The number of carbonyl (C=O) groups excluding carboxylic acids is 1. The zero-order valence-electron chi connectivity index (χ0n) is 21.4. The highest BCUT2D eigenvalue weighted by Gasteiger charge is 2.23. The van der Waals surface area contributed by atoms with Crippen molar-refractivity contribution in [3.8, 4) is 11.5 Å². The molecule has 6 nitrogen and oxygen atoms in total. The second-order valence-corrected chi connectivity index (χ2v) is 9.41. The molecule has 0 unspecified atom stereocenters. The zero-order valence-corrected chi connectivity index (χ0v) is 21.4. The van der Waals surface area contributed by atoms with Crippen molar-refractivity contribution >= 4 is 11.6 Å². The molecule has 1 amide bonds. The van der Waals surface area contributed by atoms with Gasteiger partial charge >= 0.3 is 0 Å². The first-order valence-corrected chi connectivity index (χ1v) is 12.9. The van der Waals surface area contributed by atoms with Crippen LogP contribution in [0.15, 0.2) is 73.1 Å². The average Bonchev–Trinajstić information content (AvgIpc) is 3.43. The normalized spacial score (nSPS) is 15.7. The highest BCUT2D eigenvalue weighted by Crippen LogP contribution is 2.35. The molecule has 2 fully saturated rings. The molecule has 36 heavy (non-hydrogen) atoms. The third-order valence-electron chi connectivity index (χ3n) is 6.79. The first-order valence-electron chi connectivity index (χ1n) is 12.9. The molecular formula is C30H37N3O3. The molecule has 0 bridgehead atoms. The summed E-state index contributed by atoms with van der Waals surface area (Å²) in [5, 5.41) is 0. The number of hydrogen-bond acceptors (Lipinski definition) is 5.